The number of aliphatic carboxylic acids is 1. The number of anilines is 1. The van der Waals surface area contributed by atoms with Gasteiger partial charge in [-0.05, 0) is 36.6 Å². The summed E-state index contributed by atoms with van der Waals surface area (Å²) < 4.78 is 27.5. The van der Waals surface area contributed by atoms with Crippen LogP contribution in [0, 0.1) is 19.7 Å². The summed E-state index contributed by atoms with van der Waals surface area (Å²) in [5.74, 6) is -1.56. The van der Waals surface area contributed by atoms with E-state index >= 15 is 0 Å². The molecular weight excluding hydrogens is 276 g/mol. The van der Waals surface area contributed by atoms with E-state index in [9.17, 15) is 18.7 Å². The summed E-state index contributed by atoms with van der Waals surface area (Å²) in [5, 5.41) is 9.27. The molecule has 1 aromatic carbocycles. The first kappa shape index (κ1) is 13.8. The monoisotopic (exact) mass is 291 g/mol. The zero-order valence-corrected chi connectivity index (χ0v) is 11.8. The van der Waals surface area contributed by atoms with Crippen molar-refractivity contribution in [3.63, 3.8) is 0 Å². The Morgan fingerprint density at radius 3 is 2.57 bits per heavy atom. The van der Waals surface area contributed by atoms with Gasteiger partial charge in [-0.25, -0.2) is 13.6 Å². The summed E-state index contributed by atoms with van der Waals surface area (Å²) in [6.45, 7) is 7.18. The van der Waals surface area contributed by atoms with Crippen molar-refractivity contribution in [2.24, 2.45) is 0 Å². The molecule has 1 aliphatic carbocycles. The molecule has 3 nitrogen and oxygen atoms in total. The molecule has 0 spiro atoms. The van der Waals surface area contributed by atoms with Crippen LogP contribution in [-0.4, -0.2) is 23.3 Å². The Labute approximate surface area is 121 Å². The number of carboxylic acid groups (broad SMARTS) is 1. The molecule has 1 saturated carbocycles. The standard InChI is InChI=1S/C16H15F2NO2/c1-7-8(2)15-10(4-12(7)17)9(3)11(16(20)21)6-19(15)14-5-13(14)18/h4,6,13-14H,3,5H2,1-2H3,(H,20,21)/t13-,14+/m0/s1. The minimum Gasteiger partial charge on any atom is -0.478 e. The van der Waals surface area contributed by atoms with Crippen molar-refractivity contribution in [2.45, 2.75) is 32.5 Å². The van der Waals surface area contributed by atoms with E-state index in [0.717, 1.165) is 0 Å². The first-order chi connectivity index (χ1) is 9.82. The Bertz CT molecular complexity index is 709. The molecule has 0 unspecified atom stereocenters. The van der Waals surface area contributed by atoms with Crippen molar-refractivity contribution < 1.29 is 18.7 Å². The largest absolute Gasteiger partial charge is 0.478 e. The van der Waals surface area contributed by atoms with Gasteiger partial charge in [0.1, 0.15) is 12.0 Å². The van der Waals surface area contributed by atoms with E-state index in [1.165, 1.54) is 12.3 Å². The second-order valence-electron chi connectivity index (χ2n) is 5.56. The van der Waals surface area contributed by atoms with Gasteiger partial charge in [0, 0.05) is 18.2 Å². The van der Waals surface area contributed by atoms with Crippen molar-refractivity contribution in [1.82, 2.24) is 0 Å². The number of hydrogen-bond acceptors (Lipinski definition) is 2. The first-order valence-electron chi connectivity index (χ1n) is 6.69. The van der Waals surface area contributed by atoms with E-state index in [1.807, 2.05) is 0 Å². The molecular formula is C16H15F2NO2. The highest BCUT2D eigenvalue weighted by Crippen LogP contribution is 2.46. The molecule has 21 heavy (non-hydrogen) atoms. The first-order valence-corrected chi connectivity index (χ1v) is 6.69. The third-order valence-corrected chi connectivity index (χ3v) is 4.25. The van der Waals surface area contributed by atoms with Gasteiger partial charge >= 0.3 is 5.97 Å². The second-order valence-corrected chi connectivity index (χ2v) is 5.56. The zero-order chi connectivity index (χ0) is 15.5. The highest BCUT2D eigenvalue weighted by Gasteiger charge is 2.45. The summed E-state index contributed by atoms with van der Waals surface area (Å²) in [6, 6.07) is 0.910. The minimum absolute atomic E-state index is 0.0238. The molecule has 5 heteroatoms. The van der Waals surface area contributed by atoms with Gasteiger partial charge in [-0.2, -0.15) is 0 Å². The quantitative estimate of drug-likeness (QED) is 0.908. The van der Waals surface area contributed by atoms with E-state index in [1.54, 1.807) is 18.7 Å². The fourth-order valence-corrected chi connectivity index (χ4v) is 2.74. The maximum atomic E-state index is 14.0. The lowest BCUT2D eigenvalue weighted by Gasteiger charge is -2.32. The SMILES string of the molecule is C=C1C(C(=O)O)=CN([C@@H]2C[C@@H]2F)c2c1cc(F)c(C)c2C. The second kappa shape index (κ2) is 4.41. The van der Waals surface area contributed by atoms with Crippen LogP contribution in [0.2, 0.25) is 0 Å². The van der Waals surface area contributed by atoms with Gasteiger partial charge in [-0.1, -0.05) is 6.58 Å². The van der Waals surface area contributed by atoms with E-state index in [4.69, 9.17) is 0 Å². The topological polar surface area (TPSA) is 40.5 Å². The number of hydrogen-bond donors (Lipinski definition) is 1. The van der Waals surface area contributed by atoms with Crippen molar-refractivity contribution in [1.29, 1.82) is 0 Å². The molecule has 2 atom stereocenters. The summed E-state index contributed by atoms with van der Waals surface area (Å²) in [6.07, 6.45) is 0.785. The molecule has 0 amide bonds. The van der Waals surface area contributed by atoms with Crippen LogP contribution in [0.15, 0.2) is 24.4 Å². The van der Waals surface area contributed by atoms with Crippen molar-refractivity contribution in [3.8, 4) is 0 Å². The molecule has 0 saturated heterocycles. The zero-order valence-electron chi connectivity index (χ0n) is 11.8. The molecule has 1 aromatic rings. The van der Waals surface area contributed by atoms with Crippen LogP contribution in [0.1, 0.15) is 23.1 Å². The highest BCUT2D eigenvalue weighted by molar-refractivity contribution is 6.09. The number of halogens is 2. The van der Waals surface area contributed by atoms with Gasteiger partial charge in [0.05, 0.1) is 17.3 Å². The van der Waals surface area contributed by atoms with Crippen molar-refractivity contribution in [3.05, 3.63) is 46.9 Å². The number of carbonyl (C=O) groups is 1. The van der Waals surface area contributed by atoms with Crippen LogP contribution in [0.3, 0.4) is 0 Å². The van der Waals surface area contributed by atoms with Gasteiger partial charge in [0.2, 0.25) is 0 Å². The normalized spacial score (nSPS) is 23.7. The van der Waals surface area contributed by atoms with Crippen LogP contribution >= 0.6 is 0 Å². The third-order valence-electron chi connectivity index (χ3n) is 4.25. The summed E-state index contributed by atoms with van der Waals surface area (Å²) in [4.78, 5) is 13.0. The van der Waals surface area contributed by atoms with Crippen molar-refractivity contribution >= 4 is 17.2 Å². The van der Waals surface area contributed by atoms with Crippen molar-refractivity contribution in [2.75, 3.05) is 4.90 Å². The van der Waals surface area contributed by atoms with E-state index < -0.39 is 18.0 Å². The van der Waals surface area contributed by atoms with Gasteiger partial charge in [0.25, 0.3) is 0 Å². The van der Waals surface area contributed by atoms with E-state index in [0.29, 0.717) is 28.8 Å². The molecule has 0 bridgehead atoms. The Hall–Kier alpha value is -2.17. The Morgan fingerprint density at radius 1 is 1.43 bits per heavy atom. The van der Waals surface area contributed by atoms with Crippen LogP contribution in [0.4, 0.5) is 14.5 Å². The summed E-state index contributed by atoms with van der Waals surface area (Å²) >= 11 is 0. The fraction of sp³-hybridized carbons (Fsp3) is 0.312. The van der Waals surface area contributed by atoms with Crippen LogP contribution in [-0.2, 0) is 4.79 Å². The number of carboxylic acids is 1. The predicted molar refractivity (Wildman–Crippen MR) is 76.4 cm³/mol. The summed E-state index contributed by atoms with van der Waals surface area (Å²) in [5.41, 5.74) is 2.49. The molecule has 0 aromatic heterocycles. The summed E-state index contributed by atoms with van der Waals surface area (Å²) in [7, 11) is 0. The lowest BCUT2D eigenvalue weighted by atomic mass is 9.90. The minimum atomic E-state index is -1.15. The van der Waals surface area contributed by atoms with E-state index in [-0.39, 0.29) is 17.2 Å². The number of alkyl halides is 1. The van der Waals surface area contributed by atoms with Gasteiger partial charge < -0.3 is 10.0 Å². The Kier molecular flexibility index (Phi) is 2.90. The molecule has 0 radical (unpaired) electrons. The smallest absolute Gasteiger partial charge is 0.337 e. The number of nitrogens with zero attached hydrogens (tertiary/aromatic N) is 1. The number of benzene rings is 1. The molecule has 1 N–H and O–H groups in total. The van der Waals surface area contributed by atoms with Crippen LogP contribution in [0.25, 0.3) is 5.57 Å². The lowest BCUT2D eigenvalue weighted by molar-refractivity contribution is -0.132. The third kappa shape index (κ3) is 1.95. The maximum absolute atomic E-state index is 14.0. The van der Waals surface area contributed by atoms with E-state index in [2.05, 4.69) is 6.58 Å². The average Bonchev–Trinajstić information content (AvgIpc) is 3.14. The maximum Gasteiger partial charge on any atom is 0.337 e. The molecule has 1 aliphatic heterocycles. The fourth-order valence-electron chi connectivity index (χ4n) is 2.74. The lowest BCUT2D eigenvalue weighted by Crippen LogP contribution is -2.28. The van der Waals surface area contributed by atoms with Gasteiger partial charge in [-0.3, -0.25) is 0 Å². The molecule has 110 valence electrons. The molecule has 1 heterocycles. The average molecular weight is 291 g/mol. The molecule has 1 fully saturated rings. The van der Waals surface area contributed by atoms with Crippen LogP contribution in [0.5, 0.6) is 0 Å². The predicted octanol–water partition coefficient (Wildman–Crippen LogP) is 3.35. The number of fused-ring (bicyclic) bond motifs is 1. The van der Waals surface area contributed by atoms with Crippen LogP contribution < -0.4 is 4.90 Å². The number of rotatable bonds is 2. The molecule has 2 aliphatic rings. The molecule has 3 rings (SSSR count). The highest BCUT2D eigenvalue weighted by atomic mass is 19.1. The Morgan fingerprint density at radius 2 is 2.05 bits per heavy atom. The van der Waals surface area contributed by atoms with Gasteiger partial charge in [-0.15, -0.1) is 0 Å². The Balaban J connectivity index is 2.24. The van der Waals surface area contributed by atoms with Gasteiger partial charge in [0.15, 0.2) is 0 Å².